The van der Waals surface area contributed by atoms with E-state index in [2.05, 4.69) is 5.16 Å². The molecule has 0 heterocycles. The van der Waals surface area contributed by atoms with E-state index in [1.54, 1.807) is 0 Å². The van der Waals surface area contributed by atoms with Crippen LogP contribution in [0.5, 0.6) is 0 Å². The number of carbonyl (C=O) groups is 1. The molecule has 1 aliphatic rings. The Morgan fingerprint density at radius 1 is 1.07 bits per heavy atom. The SMILES string of the molecule is O=C(O/N=C1/CCCC[C@H]1c1ccc([N+](=O)[O-])cc1[N+](=O)[O-])c1ccc(Cl)cc1Cl. The van der Waals surface area contributed by atoms with Gasteiger partial charge in [-0.25, -0.2) is 4.79 Å². The number of nitro groups is 2. The van der Waals surface area contributed by atoms with Gasteiger partial charge in [-0.2, -0.15) is 0 Å². The average Bonchev–Trinajstić information content (AvgIpc) is 2.71. The second-order valence-electron chi connectivity index (χ2n) is 6.64. The zero-order chi connectivity index (χ0) is 21.8. The molecule has 0 spiro atoms. The Labute approximate surface area is 180 Å². The summed E-state index contributed by atoms with van der Waals surface area (Å²) in [5, 5.41) is 26.9. The fourth-order valence-electron chi connectivity index (χ4n) is 3.34. The standard InChI is InChI=1S/C19H15Cl2N3O6/c20-11-5-7-15(16(21)9-11)19(25)30-22-17-4-2-1-3-13(17)14-8-6-12(23(26)27)10-18(14)24(28)29/h5-10,13H,1-4H2/b22-17-/t13-/m0/s1. The van der Waals surface area contributed by atoms with Gasteiger partial charge in [0.15, 0.2) is 0 Å². The van der Waals surface area contributed by atoms with Crippen molar-refractivity contribution in [2.24, 2.45) is 5.16 Å². The number of hydrogen-bond donors (Lipinski definition) is 0. The van der Waals surface area contributed by atoms with E-state index in [0.717, 1.165) is 18.9 Å². The van der Waals surface area contributed by atoms with E-state index in [4.69, 9.17) is 28.0 Å². The third-order valence-corrected chi connectivity index (χ3v) is 5.32. The molecule has 0 bridgehead atoms. The maximum atomic E-state index is 12.3. The van der Waals surface area contributed by atoms with E-state index in [1.165, 1.54) is 30.3 Å². The number of hydrogen-bond acceptors (Lipinski definition) is 7. The van der Waals surface area contributed by atoms with Gasteiger partial charge in [0, 0.05) is 22.6 Å². The molecule has 1 atom stereocenters. The van der Waals surface area contributed by atoms with Crippen molar-refractivity contribution in [3.05, 3.63) is 77.8 Å². The maximum absolute atomic E-state index is 12.3. The first-order valence-electron chi connectivity index (χ1n) is 8.94. The summed E-state index contributed by atoms with van der Waals surface area (Å²) in [5.74, 6) is -1.28. The number of non-ortho nitro benzene ring substituents is 1. The molecule has 1 fully saturated rings. The van der Waals surface area contributed by atoms with Crippen LogP contribution < -0.4 is 0 Å². The number of nitrogens with zero attached hydrogens (tertiary/aromatic N) is 3. The van der Waals surface area contributed by atoms with Crippen molar-refractivity contribution in [3.8, 4) is 0 Å². The highest BCUT2D eigenvalue weighted by molar-refractivity contribution is 6.36. The summed E-state index contributed by atoms with van der Waals surface area (Å²) < 4.78 is 0. The van der Waals surface area contributed by atoms with E-state index < -0.39 is 21.7 Å². The highest BCUT2D eigenvalue weighted by atomic mass is 35.5. The maximum Gasteiger partial charge on any atom is 0.367 e. The van der Waals surface area contributed by atoms with Crippen molar-refractivity contribution in [3.63, 3.8) is 0 Å². The smallest absolute Gasteiger partial charge is 0.313 e. The van der Waals surface area contributed by atoms with Crippen LogP contribution in [0.4, 0.5) is 11.4 Å². The summed E-state index contributed by atoms with van der Waals surface area (Å²) in [7, 11) is 0. The number of carbonyl (C=O) groups excluding carboxylic acids is 1. The first kappa shape index (κ1) is 21.7. The predicted molar refractivity (Wildman–Crippen MR) is 110 cm³/mol. The molecule has 0 aliphatic heterocycles. The second kappa shape index (κ2) is 9.19. The molecule has 1 saturated carbocycles. The van der Waals surface area contributed by atoms with Gasteiger partial charge in [0.2, 0.25) is 0 Å². The number of benzene rings is 2. The molecule has 30 heavy (non-hydrogen) atoms. The predicted octanol–water partition coefficient (Wildman–Crippen LogP) is 5.68. The molecule has 2 aromatic carbocycles. The minimum Gasteiger partial charge on any atom is -0.313 e. The van der Waals surface area contributed by atoms with Gasteiger partial charge in [-0.1, -0.05) is 34.8 Å². The van der Waals surface area contributed by atoms with Crippen LogP contribution in [0, 0.1) is 20.2 Å². The lowest BCUT2D eigenvalue weighted by atomic mass is 9.81. The van der Waals surface area contributed by atoms with Crippen molar-refractivity contribution in [1.82, 2.24) is 0 Å². The van der Waals surface area contributed by atoms with Crippen LogP contribution in [0.3, 0.4) is 0 Å². The van der Waals surface area contributed by atoms with Crippen molar-refractivity contribution in [1.29, 1.82) is 0 Å². The van der Waals surface area contributed by atoms with Crippen LogP contribution in [-0.4, -0.2) is 21.5 Å². The minimum absolute atomic E-state index is 0.0825. The van der Waals surface area contributed by atoms with Crippen molar-refractivity contribution < 1.29 is 19.5 Å². The normalized spacial score (nSPS) is 17.5. The van der Waals surface area contributed by atoms with Gasteiger partial charge in [-0.15, -0.1) is 0 Å². The number of rotatable bonds is 5. The van der Waals surface area contributed by atoms with Gasteiger partial charge in [-0.3, -0.25) is 20.2 Å². The van der Waals surface area contributed by atoms with Gasteiger partial charge >= 0.3 is 5.97 Å². The van der Waals surface area contributed by atoms with E-state index in [0.29, 0.717) is 29.1 Å². The summed E-state index contributed by atoms with van der Waals surface area (Å²) in [6.45, 7) is 0. The fourth-order valence-corrected chi connectivity index (χ4v) is 3.83. The lowest BCUT2D eigenvalue weighted by molar-refractivity contribution is -0.394. The van der Waals surface area contributed by atoms with E-state index in [1.807, 2.05) is 0 Å². The quantitative estimate of drug-likeness (QED) is 0.326. The average molecular weight is 452 g/mol. The van der Waals surface area contributed by atoms with Crippen LogP contribution in [0.2, 0.25) is 10.0 Å². The van der Waals surface area contributed by atoms with Crippen molar-refractivity contribution >= 4 is 46.3 Å². The largest absolute Gasteiger partial charge is 0.367 e. The molecule has 0 aromatic heterocycles. The number of halogens is 2. The molecule has 0 saturated heterocycles. The van der Waals surface area contributed by atoms with Gasteiger partial charge in [0.25, 0.3) is 11.4 Å². The molecule has 11 heteroatoms. The van der Waals surface area contributed by atoms with Crippen LogP contribution in [0.25, 0.3) is 0 Å². The number of nitro benzene ring substituents is 2. The Balaban J connectivity index is 1.90. The first-order valence-corrected chi connectivity index (χ1v) is 9.69. The second-order valence-corrected chi connectivity index (χ2v) is 7.48. The fraction of sp³-hybridized carbons (Fsp3) is 0.263. The first-order chi connectivity index (χ1) is 14.3. The molecule has 0 amide bonds. The third kappa shape index (κ3) is 4.74. The molecular formula is C19H15Cl2N3O6. The lowest BCUT2D eigenvalue weighted by Gasteiger charge is -2.23. The van der Waals surface area contributed by atoms with Crippen LogP contribution in [0.1, 0.15) is 47.5 Å². The molecule has 9 nitrogen and oxygen atoms in total. The molecule has 2 aromatic rings. The van der Waals surface area contributed by atoms with Crippen molar-refractivity contribution in [2.75, 3.05) is 0 Å². The molecule has 1 aliphatic carbocycles. The summed E-state index contributed by atoms with van der Waals surface area (Å²) in [5.41, 5.74) is 0.0970. The Morgan fingerprint density at radius 3 is 2.50 bits per heavy atom. The summed E-state index contributed by atoms with van der Waals surface area (Å²) in [4.78, 5) is 38.5. The molecule has 156 valence electrons. The zero-order valence-corrected chi connectivity index (χ0v) is 16.9. The summed E-state index contributed by atoms with van der Waals surface area (Å²) in [6, 6.07) is 7.80. The Morgan fingerprint density at radius 2 is 1.83 bits per heavy atom. The Hall–Kier alpha value is -3.04. The van der Waals surface area contributed by atoms with Gasteiger partial charge in [0.05, 0.1) is 32.2 Å². The van der Waals surface area contributed by atoms with Gasteiger partial charge < -0.3 is 4.84 Å². The third-order valence-electron chi connectivity index (χ3n) is 4.77. The van der Waals surface area contributed by atoms with Gasteiger partial charge in [0.1, 0.15) is 0 Å². The highest BCUT2D eigenvalue weighted by Crippen LogP contribution is 2.37. The molecule has 0 unspecified atom stereocenters. The van der Waals surface area contributed by atoms with Crippen LogP contribution in [-0.2, 0) is 4.84 Å². The monoisotopic (exact) mass is 451 g/mol. The summed E-state index contributed by atoms with van der Waals surface area (Å²) >= 11 is 11.8. The van der Waals surface area contributed by atoms with E-state index in [9.17, 15) is 25.0 Å². The molecule has 0 radical (unpaired) electrons. The zero-order valence-electron chi connectivity index (χ0n) is 15.4. The molecular weight excluding hydrogens is 437 g/mol. The molecule has 0 N–H and O–H groups in total. The van der Waals surface area contributed by atoms with Crippen LogP contribution in [0.15, 0.2) is 41.6 Å². The topological polar surface area (TPSA) is 125 Å². The minimum atomic E-state index is -0.785. The molecule has 3 rings (SSSR count). The summed E-state index contributed by atoms with van der Waals surface area (Å²) in [6.07, 6.45) is 2.57. The highest BCUT2D eigenvalue weighted by Gasteiger charge is 2.31. The number of oxime groups is 1. The Kier molecular flexibility index (Phi) is 6.63. The van der Waals surface area contributed by atoms with Gasteiger partial charge in [-0.05, 0) is 43.5 Å². The lowest BCUT2D eigenvalue weighted by Crippen LogP contribution is -2.20. The van der Waals surface area contributed by atoms with E-state index in [-0.39, 0.29) is 22.0 Å². The van der Waals surface area contributed by atoms with Crippen LogP contribution >= 0.6 is 23.2 Å². The Bertz CT molecular complexity index is 1060. The van der Waals surface area contributed by atoms with E-state index >= 15 is 0 Å². The van der Waals surface area contributed by atoms with Crippen molar-refractivity contribution in [2.45, 2.75) is 31.6 Å².